The van der Waals surface area contributed by atoms with Crippen molar-refractivity contribution in [2.75, 3.05) is 12.8 Å². The summed E-state index contributed by atoms with van der Waals surface area (Å²) in [5.41, 5.74) is 8.01. The molecule has 1 aromatic carbocycles. The Bertz CT molecular complexity index is 570. The Morgan fingerprint density at radius 1 is 1.11 bits per heavy atom. The minimum atomic E-state index is 0.432. The number of rotatable bonds is 3. The standard InChI is InChI=1S/C13H15N3O2/c1-8-9(2)16-13(7-15-8)18-11-5-4-10(14)6-12(11)17-3/h4-7H,14H2,1-3H3. The van der Waals surface area contributed by atoms with Crippen molar-refractivity contribution < 1.29 is 9.47 Å². The monoisotopic (exact) mass is 245 g/mol. The highest BCUT2D eigenvalue weighted by Crippen LogP contribution is 2.32. The Balaban J connectivity index is 2.30. The lowest BCUT2D eigenvalue weighted by Gasteiger charge is -2.10. The van der Waals surface area contributed by atoms with Crippen LogP contribution in [0.3, 0.4) is 0 Å². The molecule has 0 aliphatic rings. The van der Waals surface area contributed by atoms with E-state index in [0.29, 0.717) is 23.1 Å². The Morgan fingerprint density at radius 3 is 2.56 bits per heavy atom. The highest BCUT2D eigenvalue weighted by molar-refractivity contribution is 5.52. The molecule has 0 atom stereocenters. The van der Waals surface area contributed by atoms with Crippen molar-refractivity contribution >= 4 is 5.69 Å². The summed E-state index contributed by atoms with van der Waals surface area (Å²) >= 11 is 0. The van der Waals surface area contributed by atoms with Crippen molar-refractivity contribution in [3.63, 3.8) is 0 Å². The van der Waals surface area contributed by atoms with Crippen LogP contribution in [0.1, 0.15) is 11.4 Å². The molecule has 2 aromatic rings. The fraction of sp³-hybridized carbons (Fsp3) is 0.231. The lowest BCUT2D eigenvalue weighted by molar-refractivity contribution is 0.373. The van der Waals surface area contributed by atoms with Gasteiger partial charge in [-0.1, -0.05) is 0 Å². The molecule has 0 saturated carbocycles. The Hall–Kier alpha value is -2.30. The van der Waals surface area contributed by atoms with Crippen molar-refractivity contribution in [2.24, 2.45) is 0 Å². The highest BCUT2D eigenvalue weighted by Gasteiger charge is 2.08. The van der Waals surface area contributed by atoms with Gasteiger partial charge in [0.05, 0.1) is 24.7 Å². The summed E-state index contributed by atoms with van der Waals surface area (Å²) in [6.45, 7) is 3.78. The average Bonchev–Trinajstić information content (AvgIpc) is 2.36. The first-order chi connectivity index (χ1) is 8.60. The van der Waals surface area contributed by atoms with Crippen molar-refractivity contribution in [3.05, 3.63) is 35.8 Å². The van der Waals surface area contributed by atoms with E-state index in [0.717, 1.165) is 11.4 Å². The third-order valence-corrected chi connectivity index (χ3v) is 2.57. The number of aryl methyl sites for hydroxylation is 2. The normalized spacial score (nSPS) is 10.2. The van der Waals surface area contributed by atoms with Gasteiger partial charge in [-0.15, -0.1) is 0 Å². The maximum absolute atomic E-state index is 5.68. The number of aromatic nitrogens is 2. The molecule has 0 aliphatic carbocycles. The third kappa shape index (κ3) is 2.51. The van der Waals surface area contributed by atoms with E-state index in [9.17, 15) is 0 Å². The molecule has 94 valence electrons. The lowest BCUT2D eigenvalue weighted by atomic mass is 10.3. The van der Waals surface area contributed by atoms with Gasteiger partial charge in [0.25, 0.3) is 0 Å². The SMILES string of the molecule is COc1cc(N)ccc1Oc1cnc(C)c(C)n1. The Labute approximate surface area is 106 Å². The first kappa shape index (κ1) is 12.2. The maximum atomic E-state index is 5.68. The summed E-state index contributed by atoms with van der Waals surface area (Å²) in [7, 11) is 1.56. The molecule has 1 heterocycles. The average molecular weight is 245 g/mol. The fourth-order valence-electron chi connectivity index (χ4n) is 1.45. The predicted molar refractivity (Wildman–Crippen MR) is 69.0 cm³/mol. The molecule has 18 heavy (non-hydrogen) atoms. The minimum Gasteiger partial charge on any atom is -0.493 e. The molecular formula is C13H15N3O2. The van der Waals surface area contributed by atoms with Gasteiger partial charge >= 0.3 is 0 Å². The van der Waals surface area contributed by atoms with Gasteiger partial charge in [-0.3, -0.25) is 4.98 Å². The summed E-state index contributed by atoms with van der Waals surface area (Å²) in [6, 6.07) is 5.18. The van der Waals surface area contributed by atoms with Crippen LogP contribution >= 0.6 is 0 Å². The molecule has 2 N–H and O–H groups in total. The molecule has 0 unspecified atom stereocenters. The second kappa shape index (κ2) is 4.91. The van der Waals surface area contributed by atoms with Crippen LogP contribution in [-0.2, 0) is 0 Å². The van der Waals surface area contributed by atoms with Gasteiger partial charge in [-0.05, 0) is 26.0 Å². The van der Waals surface area contributed by atoms with Crippen LogP contribution in [0, 0.1) is 13.8 Å². The zero-order chi connectivity index (χ0) is 13.1. The van der Waals surface area contributed by atoms with Gasteiger partial charge in [-0.25, -0.2) is 4.98 Å². The van der Waals surface area contributed by atoms with Gasteiger partial charge in [0.2, 0.25) is 5.88 Å². The van der Waals surface area contributed by atoms with Crippen LogP contribution in [0.5, 0.6) is 17.4 Å². The molecule has 0 saturated heterocycles. The number of hydrogen-bond donors (Lipinski definition) is 1. The number of anilines is 1. The first-order valence-electron chi connectivity index (χ1n) is 5.52. The van der Waals surface area contributed by atoms with E-state index in [-0.39, 0.29) is 0 Å². The van der Waals surface area contributed by atoms with E-state index in [1.165, 1.54) is 0 Å². The van der Waals surface area contributed by atoms with Gasteiger partial charge in [0, 0.05) is 11.8 Å². The molecule has 0 radical (unpaired) electrons. The lowest BCUT2D eigenvalue weighted by Crippen LogP contribution is -1.97. The molecule has 5 nitrogen and oxygen atoms in total. The summed E-state index contributed by atoms with van der Waals surface area (Å²) in [5.74, 6) is 1.56. The molecular weight excluding hydrogens is 230 g/mol. The number of nitrogens with two attached hydrogens (primary N) is 1. The Morgan fingerprint density at radius 2 is 1.89 bits per heavy atom. The quantitative estimate of drug-likeness (QED) is 0.841. The topological polar surface area (TPSA) is 70.3 Å². The van der Waals surface area contributed by atoms with E-state index in [4.69, 9.17) is 15.2 Å². The highest BCUT2D eigenvalue weighted by atomic mass is 16.5. The first-order valence-corrected chi connectivity index (χ1v) is 5.52. The zero-order valence-electron chi connectivity index (χ0n) is 10.6. The number of benzene rings is 1. The van der Waals surface area contributed by atoms with E-state index in [1.807, 2.05) is 13.8 Å². The van der Waals surface area contributed by atoms with Crippen LogP contribution in [-0.4, -0.2) is 17.1 Å². The molecule has 1 aromatic heterocycles. The fourth-order valence-corrected chi connectivity index (χ4v) is 1.45. The maximum Gasteiger partial charge on any atom is 0.238 e. The van der Waals surface area contributed by atoms with Crippen LogP contribution < -0.4 is 15.2 Å². The summed E-state index contributed by atoms with van der Waals surface area (Å²) in [6.07, 6.45) is 1.58. The van der Waals surface area contributed by atoms with Crippen molar-refractivity contribution in [2.45, 2.75) is 13.8 Å². The minimum absolute atomic E-state index is 0.432. The molecule has 5 heteroatoms. The number of ether oxygens (including phenoxy) is 2. The predicted octanol–water partition coefficient (Wildman–Crippen LogP) is 2.48. The van der Waals surface area contributed by atoms with Crippen molar-refractivity contribution in [1.82, 2.24) is 9.97 Å². The molecule has 0 aliphatic heterocycles. The van der Waals surface area contributed by atoms with Crippen LogP contribution in [0.2, 0.25) is 0 Å². The van der Waals surface area contributed by atoms with E-state index in [1.54, 1.807) is 31.5 Å². The largest absolute Gasteiger partial charge is 0.493 e. The summed E-state index contributed by atoms with van der Waals surface area (Å²) < 4.78 is 10.8. The summed E-state index contributed by atoms with van der Waals surface area (Å²) in [4.78, 5) is 8.49. The number of hydrogen-bond acceptors (Lipinski definition) is 5. The molecule has 0 bridgehead atoms. The number of nitrogens with zero attached hydrogens (tertiary/aromatic N) is 2. The van der Waals surface area contributed by atoms with Gasteiger partial charge in [0.15, 0.2) is 11.5 Å². The van der Waals surface area contributed by atoms with E-state index >= 15 is 0 Å². The second-order valence-electron chi connectivity index (χ2n) is 3.89. The van der Waals surface area contributed by atoms with Crippen LogP contribution in [0.25, 0.3) is 0 Å². The molecule has 2 rings (SSSR count). The smallest absolute Gasteiger partial charge is 0.238 e. The Kier molecular flexibility index (Phi) is 3.32. The van der Waals surface area contributed by atoms with Crippen LogP contribution in [0.15, 0.2) is 24.4 Å². The summed E-state index contributed by atoms with van der Waals surface area (Å²) in [5, 5.41) is 0. The number of nitrogen functional groups attached to an aromatic ring is 1. The molecule has 0 amide bonds. The van der Waals surface area contributed by atoms with Crippen LogP contribution in [0.4, 0.5) is 5.69 Å². The van der Waals surface area contributed by atoms with Gasteiger partial charge in [0.1, 0.15) is 0 Å². The zero-order valence-corrected chi connectivity index (χ0v) is 10.6. The van der Waals surface area contributed by atoms with Gasteiger partial charge < -0.3 is 15.2 Å². The van der Waals surface area contributed by atoms with E-state index in [2.05, 4.69) is 9.97 Å². The van der Waals surface area contributed by atoms with Crippen molar-refractivity contribution in [1.29, 1.82) is 0 Å². The second-order valence-corrected chi connectivity index (χ2v) is 3.89. The van der Waals surface area contributed by atoms with Gasteiger partial charge in [-0.2, -0.15) is 0 Å². The van der Waals surface area contributed by atoms with Crippen molar-refractivity contribution in [3.8, 4) is 17.4 Å². The molecule has 0 spiro atoms. The van der Waals surface area contributed by atoms with E-state index < -0.39 is 0 Å². The molecule has 0 fully saturated rings. The third-order valence-electron chi connectivity index (χ3n) is 2.57. The number of methoxy groups -OCH3 is 1.